The van der Waals surface area contributed by atoms with Gasteiger partial charge < -0.3 is 25.1 Å². The maximum absolute atomic E-state index is 12.7. The Morgan fingerprint density at radius 2 is 1.81 bits per heavy atom. The lowest BCUT2D eigenvalue weighted by Crippen LogP contribution is -2.57. The lowest BCUT2D eigenvalue weighted by molar-refractivity contribution is -0.159. The molecule has 0 bridgehead atoms. The number of aliphatic hydroxyl groups is 1. The Bertz CT molecular complexity index is 1160. The smallest absolute Gasteiger partial charge is 0.305 e. The standard InChI is InChI=1S/C33H50N2O7/c1-20(36)33(40)14-10-26-24-7-6-22-16-23(8-12-31(22,4)25(24)9-13-32(26,33)5)35-42-19-28(37)34-27(17-29(38)39)21-11-15-41-30(2,3)18-21/h16,21,24-27,40H,6-15,17-19H2,1-5H3,(H,34,37)(H,38,39)/b35-23-/t21-,24-,25+,26+,27+,31+,32+,33-/m1/s1. The summed E-state index contributed by atoms with van der Waals surface area (Å²) in [5.41, 5.74) is 0.437. The van der Waals surface area contributed by atoms with Crippen LogP contribution in [0.25, 0.3) is 0 Å². The predicted octanol–water partition coefficient (Wildman–Crippen LogP) is 4.81. The van der Waals surface area contributed by atoms with Crippen LogP contribution in [0, 0.1) is 34.5 Å². The molecular weight excluding hydrogens is 536 g/mol. The van der Waals surface area contributed by atoms with Gasteiger partial charge in [0.2, 0.25) is 0 Å². The number of carbonyl (C=O) groups is 3. The monoisotopic (exact) mass is 586 g/mol. The number of nitrogens with one attached hydrogen (secondary N) is 1. The maximum Gasteiger partial charge on any atom is 0.305 e. The van der Waals surface area contributed by atoms with Crippen molar-refractivity contribution in [2.24, 2.45) is 39.7 Å². The first kappa shape index (κ1) is 31.2. The van der Waals surface area contributed by atoms with E-state index in [0.29, 0.717) is 43.6 Å². The largest absolute Gasteiger partial charge is 0.481 e. The van der Waals surface area contributed by atoms with Crippen molar-refractivity contribution in [3.05, 3.63) is 11.6 Å². The van der Waals surface area contributed by atoms with Gasteiger partial charge in [-0.3, -0.25) is 14.4 Å². The van der Waals surface area contributed by atoms with Crippen LogP contribution in [0.3, 0.4) is 0 Å². The zero-order valence-electron chi connectivity index (χ0n) is 26.0. The Balaban J connectivity index is 1.20. The SMILES string of the molecule is CC(=O)[C@]1(O)CC[C@H]2[C@@H]3CCC4=C/C(=N\OCC(=O)N[C@@H](CC(=O)O)[C@@H]5CCOC(C)(C)C5)CC[C@]4(C)[C@H]3CC[C@@]21C. The normalized spacial score (nSPS) is 40.6. The van der Waals surface area contributed by atoms with Crippen LogP contribution in [-0.4, -0.2) is 64.0 Å². The van der Waals surface area contributed by atoms with Crippen LogP contribution in [0.5, 0.6) is 0 Å². The Morgan fingerprint density at radius 1 is 1.07 bits per heavy atom. The number of nitrogens with zero attached hydrogens (tertiary/aromatic N) is 1. The second-order valence-corrected chi connectivity index (χ2v) is 14.9. The van der Waals surface area contributed by atoms with Crippen molar-refractivity contribution >= 4 is 23.4 Å². The van der Waals surface area contributed by atoms with Crippen molar-refractivity contribution in [1.29, 1.82) is 0 Å². The van der Waals surface area contributed by atoms with Crippen LogP contribution in [0.15, 0.2) is 16.8 Å². The molecule has 5 rings (SSSR count). The Kier molecular flexibility index (Phi) is 8.42. The number of Topliss-reactive ketones (excluding diaryl/α,β-unsaturated/α-hetero) is 1. The predicted molar refractivity (Wildman–Crippen MR) is 158 cm³/mol. The van der Waals surface area contributed by atoms with Crippen LogP contribution in [0.4, 0.5) is 0 Å². The number of amides is 1. The Morgan fingerprint density at radius 3 is 2.50 bits per heavy atom. The molecule has 234 valence electrons. The maximum atomic E-state index is 12.7. The van der Waals surface area contributed by atoms with E-state index in [9.17, 15) is 24.6 Å². The van der Waals surface area contributed by atoms with E-state index in [1.807, 2.05) is 13.8 Å². The first-order valence-corrected chi connectivity index (χ1v) is 16.0. The molecule has 8 atom stereocenters. The number of carbonyl (C=O) groups excluding carboxylic acids is 2. The number of carboxylic acid groups (broad SMARTS) is 1. The number of fused-ring (bicyclic) bond motifs is 5. The van der Waals surface area contributed by atoms with Gasteiger partial charge in [-0.05, 0) is 120 Å². The van der Waals surface area contributed by atoms with E-state index in [-0.39, 0.29) is 47.1 Å². The van der Waals surface area contributed by atoms with Gasteiger partial charge >= 0.3 is 5.97 Å². The number of allylic oxidation sites excluding steroid dienone is 2. The number of ether oxygens (including phenoxy) is 1. The van der Waals surface area contributed by atoms with Crippen LogP contribution in [-0.2, 0) is 24.0 Å². The fraction of sp³-hybridized carbons (Fsp3) is 0.818. The quantitative estimate of drug-likeness (QED) is 0.348. The van der Waals surface area contributed by atoms with Crippen LogP contribution in [0.2, 0.25) is 0 Å². The minimum atomic E-state index is -1.19. The second kappa shape index (κ2) is 11.3. The summed E-state index contributed by atoms with van der Waals surface area (Å²) >= 11 is 0. The van der Waals surface area contributed by atoms with Crippen LogP contribution < -0.4 is 5.32 Å². The molecule has 4 aliphatic carbocycles. The zero-order valence-corrected chi connectivity index (χ0v) is 26.0. The van der Waals surface area contributed by atoms with Crippen molar-refractivity contribution in [2.75, 3.05) is 13.2 Å². The summed E-state index contributed by atoms with van der Waals surface area (Å²) in [7, 11) is 0. The number of rotatable bonds is 8. The lowest BCUT2D eigenvalue weighted by atomic mass is 9.46. The highest BCUT2D eigenvalue weighted by atomic mass is 16.6. The molecule has 0 aromatic rings. The summed E-state index contributed by atoms with van der Waals surface area (Å²) in [5, 5.41) is 28.0. The first-order chi connectivity index (χ1) is 19.7. The van der Waals surface area contributed by atoms with E-state index < -0.39 is 17.6 Å². The van der Waals surface area contributed by atoms with Gasteiger partial charge in [-0.25, -0.2) is 0 Å². The average Bonchev–Trinajstić information content (AvgIpc) is 3.19. The summed E-state index contributed by atoms with van der Waals surface area (Å²) in [6.45, 7) is 10.4. The van der Waals surface area contributed by atoms with Crippen LogP contribution >= 0.6 is 0 Å². The number of hydrogen-bond acceptors (Lipinski definition) is 7. The van der Waals surface area contributed by atoms with Crippen LogP contribution in [0.1, 0.15) is 105 Å². The third-order valence-corrected chi connectivity index (χ3v) is 12.1. The molecular formula is C33H50N2O7. The molecule has 3 N–H and O–H groups in total. The number of ketones is 1. The highest BCUT2D eigenvalue weighted by Crippen LogP contribution is 2.67. The van der Waals surface area contributed by atoms with E-state index in [1.165, 1.54) is 5.57 Å². The Hall–Kier alpha value is -2.26. The van der Waals surface area contributed by atoms with E-state index in [4.69, 9.17) is 9.57 Å². The summed E-state index contributed by atoms with van der Waals surface area (Å²) < 4.78 is 5.77. The molecule has 1 saturated heterocycles. The van der Waals surface area contributed by atoms with Gasteiger partial charge in [-0.2, -0.15) is 0 Å². The molecule has 1 aliphatic heterocycles. The second-order valence-electron chi connectivity index (χ2n) is 14.9. The summed E-state index contributed by atoms with van der Waals surface area (Å²) in [6, 6.07) is -0.481. The number of aliphatic carboxylic acids is 1. The van der Waals surface area contributed by atoms with Gasteiger partial charge in [-0.1, -0.05) is 24.6 Å². The van der Waals surface area contributed by atoms with Gasteiger partial charge in [0.15, 0.2) is 12.4 Å². The minimum Gasteiger partial charge on any atom is -0.481 e. The molecule has 5 aliphatic rings. The van der Waals surface area contributed by atoms with Crippen molar-refractivity contribution in [2.45, 2.75) is 122 Å². The molecule has 9 heteroatoms. The van der Waals surface area contributed by atoms with E-state index >= 15 is 0 Å². The fourth-order valence-corrected chi connectivity index (χ4v) is 9.81. The number of oxime groups is 1. The highest BCUT2D eigenvalue weighted by molar-refractivity contribution is 5.96. The van der Waals surface area contributed by atoms with Gasteiger partial charge in [0.25, 0.3) is 5.91 Å². The number of hydrogen-bond donors (Lipinski definition) is 3. The topological polar surface area (TPSA) is 135 Å². The van der Waals surface area contributed by atoms with E-state index in [2.05, 4.69) is 30.4 Å². The Labute approximate surface area is 249 Å². The van der Waals surface area contributed by atoms with Gasteiger partial charge in [0.05, 0.1) is 17.7 Å². The average molecular weight is 587 g/mol. The summed E-state index contributed by atoms with van der Waals surface area (Å²) in [5.74, 6) is 0.0492. The van der Waals surface area contributed by atoms with Gasteiger partial charge in [0.1, 0.15) is 5.60 Å². The molecule has 0 unspecified atom stereocenters. The summed E-state index contributed by atoms with van der Waals surface area (Å²) in [4.78, 5) is 42.2. The molecule has 9 nitrogen and oxygen atoms in total. The summed E-state index contributed by atoms with van der Waals surface area (Å²) in [6.07, 6.45) is 10.6. The van der Waals surface area contributed by atoms with Crippen molar-refractivity contribution in [3.63, 3.8) is 0 Å². The van der Waals surface area contributed by atoms with E-state index in [1.54, 1.807) is 6.92 Å². The fourth-order valence-electron chi connectivity index (χ4n) is 9.81. The third-order valence-electron chi connectivity index (χ3n) is 12.1. The highest BCUT2D eigenvalue weighted by Gasteiger charge is 2.65. The van der Waals surface area contributed by atoms with E-state index in [0.717, 1.165) is 50.7 Å². The van der Waals surface area contributed by atoms with Crippen molar-refractivity contribution in [3.8, 4) is 0 Å². The molecule has 0 radical (unpaired) electrons. The minimum absolute atomic E-state index is 0.0224. The van der Waals surface area contributed by atoms with Crippen molar-refractivity contribution < 1.29 is 34.2 Å². The molecule has 42 heavy (non-hydrogen) atoms. The first-order valence-electron chi connectivity index (χ1n) is 16.0. The molecule has 1 amide bonds. The molecule has 1 heterocycles. The molecule has 3 saturated carbocycles. The molecule has 0 aromatic heterocycles. The lowest BCUT2D eigenvalue weighted by Gasteiger charge is -2.59. The van der Waals surface area contributed by atoms with Gasteiger partial charge in [0, 0.05) is 18.1 Å². The zero-order chi connectivity index (χ0) is 30.5. The molecule has 4 fully saturated rings. The van der Waals surface area contributed by atoms with Gasteiger partial charge in [-0.15, -0.1) is 0 Å². The number of carboxylic acids is 1. The molecule has 0 spiro atoms. The third kappa shape index (κ3) is 5.56. The van der Waals surface area contributed by atoms with Crippen molar-refractivity contribution in [1.82, 2.24) is 5.32 Å². The molecule has 0 aromatic carbocycles.